The highest BCUT2D eigenvalue weighted by Crippen LogP contribution is 2.21. The molecule has 49 heavy (non-hydrogen) atoms. The predicted octanol–water partition coefficient (Wildman–Crippen LogP) is 11.3. The summed E-state index contributed by atoms with van der Waals surface area (Å²) < 4.78 is 29.0. The lowest BCUT2D eigenvalue weighted by Crippen LogP contribution is -2.36. The molecule has 1 unspecified atom stereocenters. The molecule has 1 aliphatic rings. The molecule has 1 amide bonds. The number of unbranched alkanes of at least 4 members (excludes halogenated alkanes) is 19. The molecule has 276 valence electrons. The molecular weight excluding hydrogens is 615 g/mol. The number of aliphatic hydroxyl groups is 1. The van der Waals surface area contributed by atoms with Gasteiger partial charge in [0.15, 0.2) is 11.4 Å². The number of aromatic amines is 1. The van der Waals surface area contributed by atoms with E-state index < -0.39 is 7.40 Å². The van der Waals surface area contributed by atoms with Crippen LogP contribution in [-0.2, 0) is 4.79 Å². The summed E-state index contributed by atoms with van der Waals surface area (Å²) in [4.78, 5) is 15.6. The number of hydrogen-bond donors (Lipinski definition) is 3. The Balaban J connectivity index is 1.44. The lowest BCUT2D eigenvalue weighted by atomic mass is 10.0. The summed E-state index contributed by atoms with van der Waals surface area (Å²) in [6.45, 7) is 6.19. The first-order valence-corrected chi connectivity index (χ1v) is 19.9. The topological polar surface area (TPSA) is 68.1 Å². The number of carbonyl (C=O) groups excluding carboxylic acids is 1. The summed E-state index contributed by atoms with van der Waals surface area (Å²) in [6, 6.07) is 1.82. The Morgan fingerprint density at radius 3 is 1.96 bits per heavy atom. The summed E-state index contributed by atoms with van der Waals surface area (Å²) in [5.74, 6) is 0.0550. The largest absolute Gasteiger partial charge is 0.934 e. The maximum Gasteiger partial charge on any atom is 0.934 e. The molecule has 2 heterocycles. The number of aromatic nitrogens is 1. The molecule has 0 bridgehead atoms. The monoisotopic (exact) mass is 685 g/mol. The third kappa shape index (κ3) is 19.5. The van der Waals surface area contributed by atoms with Gasteiger partial charge in [0.2, 0.25) is 5.91 Å². The number of carbonyl (C=O) groups is 1. The minimum absolute atomic E-state index is 0.0326. The summed E-state index contributed by atoms with van der Waals surface area (Å²) in [5.41, 5.74) is 4.21. The molecule has 1 aromatic rings. The summed E-state index contributed by atoms with van der Waals surface area (Å²) in [7, 11) is -2.55. The van der Waals surface area contributed by atoms with E-state index in [0.717, 1.165) is 61.9 Å². The van der Waals surface area contributed by atoms with Crippen LogP contribution in [0.15, 0.2) is 36.1 Å². The maximum atomic E-state index is 13.9. The first-order chi connectivity index (χ1) is 23.8. The number of allylic oxidation sites excluding steroid dienone is 3. The number of rotatable bonds is 30. The highest BCUT2D eigenvalue weighted by Gasteiger charge is 2.41. The van der Waals surface area contributed by atoms with Gasteiger partial charge >= 0.3 is 7.40 Å². The minimum atomic E-state index is -2.55. The van der Waals surface area contributed by atoms with Crippen molar-refractivity contribution in [3.63, 3.8) is 0 Å². The van der Waals surface area contributed by atoms with Crippen molar-refractivity contribution in [2.75, 3.05) is 6.61 Å². The third-order valence-electron chi connectivity index (χ3n) is 9.70. The Bertz CT molecular complexity index is 1160. The van der Waals surface area contributed by atoms with Crippen molar-refractivity contribution in [1.82, 2.24) is 10.3 Å². The van der Waals surface area contributed by atoms with Crippen molar-refractivity contribution >= 4 is 25.1 Å². The number of hydrogen-bond acceptors (Lipinski definition) is 2. The van der Waals surface area contributed by atoms with Gasteiger partial charge in [0.25, 0.3) is 0 Å². The highest BCUT2D eigenvalue weighted by molar-refractivity contribution is 6.35. The van der Waals surface area contributed by atoms with Gasteiger partial charge in [-0.3, -0.25) is 4.79 Å². The molecule has 0 saturated heterocycles. The van der Waals surface area contributed by atoms with Crippen LogP contribution in [-0.4, -0.2) is 46.2 Å². The second kappa shape index (κ2) is 27.3. The molecule has 1 aliphatic heterocycles. The molecule has 0 fully saturated rings. The van der Waals surface area contributed by atoms with Gasteiger partial charge in [-0.2, -0.15) is 0 Å². The molecule has 1 atom stereocenters. The van der Waals surface area contributed by atoms with E-state index in [-0.39, 0.29) is 18.6 Å². The van der Waals surface area contributed by atoms with E-state index in [1.54, 1.807) is 6.08 Å². The van der Waals surface area contributed by atoms with Gasteiger partial charge in [-0.25, -0.2) is 13.1 Å². The van der Waals surface area contributed by atoms with E-state index in [4.69, 9.17) is 0 Å². The van der Waals surface area contributed by atoms with Gasteiger partial charge < -0.3 is 15.4 Å². The van der Waals surface area contributed by atoms with E-state index in [1.807, 2.05) is 32.1 Å². The Labute approximate surface area is 298 Å². The lowest BCUT2D eigenvalue weighted by molar-refractivity contribution is -0.342. The van der Waals surface area contributed by atoms with Gasteiger partial charge in [0.1, 0.15) is 0 Å². The Morgan fingerprint density at radius 2 is 1.41 bits per heavy atom. The van der Waals surface area contributed by atoms with Crippen molar-refractivity contribution in [3.8, 4) is 0 Å². The third-order valence-corrected chi connectivity index (χ3v) is 9.70. The summed E-state index contributed by atoms with van der Waals surface area (Å²) >= 11 is 0. The van der Waals surface area contributed by atoms with Crippen LogP contribution in [0.2, 0.25) is 0 Å². The van der Waals surface area contributed by atoms with Crippen molar-refractivity contribution < 1.29 is 23.0 Å². The molecule has 8 heteroatoms. The number of aliphatic hydroxyl groups excluding tert-OH is 1. The number of halogens is 2. The first kappa shape index (κ1) is 42.7. The van der Waals surface area contributed by atoms with Crippen molar-refractivity contribution in [2.24, 2.45) is 0 Å². The van der Waals surface area contributed by atoms with Crippen molar-refractivity contribution in [1.29, 1.82) is 0 Å². The fourth-order valence-corrected chi connectivity index (χ4v) is 6.73. The average Bonchev–Trinajstić information content (AvgIpc) is 3.63. The summed E-state index contributed by atoms with van der Waals surface area (Å²) in [6.07, 6.45) is 37.2. The zero-order valence-electron chi connectivity index (χ0n) is 31.4. The van der Waals surface area contributed by atoms with Crippen LogP contribution < -0.4 is 5.32 Å². The number of H-pyrrole nitrogens is 1. The van der Waals surface area contributed by atoms with Crippen LogP contribution in [0.4, 0.5) is 8.63 Å². The molecule has 5 nitrogen and oxygen atoms in total. The van der Waals surface area contributed by atoms with Crippen LogP contribution >= 0.6 is 0 Å². The number of nitrogens with zero attached hydrogens (tertiary/aromatic N) is 1. The fourth-order valence-electron chi connectivity index (χ4n) is 6.73. The second-order valence-corrected chi connectivity index (χ2v) is 14.3. The fraction of sp³-hybridized carbons (Fsp3) is 0.707. The van der Waals surface area contributed by atoms with E-state index in [1.165, 1.54) is 94.4 Å². The normalized spacial score (nSPS) is 14.5. The Hall–Kier alpha value is -2.48. The zero-order valence-corrected chi connectivity index (χ0v) is 31.4. The molecule has 0 aromatic carbocycles. The quantitative estimate of drug-likeness (QED) is 0.0429. The Morgan fingerprint density at radius 1 is 0.837 bits per heavy atom. The van der Waals surface area contributed by atoms with Gasteiger partial charge in [0, 0.05) is 42.5 Å². The number of aryl methyl sites for hydroxylation is 2. The molecule has 0 saturated carbocycles. The van der Waals surface area contributed by atoms with Gasteiger partial charge in [-0.1, -0.05) is 128 Å². The number of amides is 1. The molecular formula is C41H69BF2N3O2+. The highest BCUT2D eigenvalue weighted by atomic mass is 19.2. The van der Waals surface area contributed by atoms with Gasteiger partial charge in [0.05, 0.1) is 12.6 Å². The molecule has 3 N–H and O–H groups in total. The van der Waals surface area contributed by atoms with Crippen LogP contribution in [0.5, 0.6) is 0 Å². The van der Waals surface area contributed by atoms with Crippen LogP contribution in [0.25, 0.3) is 6.08 Å². The standard InChI is InChI=1S/C41H68BF2N3O2/c1-4-5-6-7-8-9-10-11-12-17-20-23-26-29-41(49)46-37(34-48)27-24-21-18-15-13-14-16-19-22-25-28-38-30-31-39(47(38)42(43)44)33-40-35(2)32-36(3)45-40/h21,24,30-33,37,48H,4-20,22-23,25-29,34H2,1-3H3,(H,46,49)/p+1/b24-21+. The smallest absolute Gasteiger partial charge is 0.394 e. The van der Waals surface area contributed by atoms with E-state index >= 15 is 0 Å². The second-order valence-electron chi connectivity index (χ2n) is 14.3. The van der Waals surface area contributed by atoms with E-state index in [9.17, 15) is 18.5 Å². The van der Waals surface area contributed by atoms with Crippen molar-refractivity contribution in [3.05, 3.63) is 53.0 Å². The molecule has 0 radical (unpaired) electrons. The van der Waals surface area contributed by atoms with Crippen LogP contribution in [0.1, 0.15) is 178 Å². The first-order valence-electron chi connectivity index (χ1n) is 19.9. The molecule has 0 aliphatic carbocycles. The average molecular weight is 685 g/mol. The van der Waals surface area contributed by atoms with Crippen LogP contribution in [0.3, 0.4) is 0 Å². The molecule has 1 aromatic heterocycles. The van der Waals surface area contributed by atoms with Crippen LogP contribution in [0, 0.1) is 13.8 Å². The summed E-state index contributed by atoms with van der Waals surface area (Å²) in [5, 5.41) is 12.7. The van der Waals surface area contributed by atoms with Crippen molar-refractivity contribution in [2.45, 2.75) is 181 Å². The van der Waals surface area contributed by atoms with E-state index in [0.29, 0.717) is 30.7 Å². The predicted molar refractivity (Wildman–Crippen MR) is 205 cm³/mol. The Kier molecular flexibility index (Phi) is 23.8. The maximum absolute atomic E-state index is 13.9. The minimum Gasteiger partial charge on any atom is -0.394 e. The lowest BCUT2D eigenvalue weighted by Gasteiger charge is -2.14. The van der Waals surface area contributed by atoms with E-state index in [2.05, 4.69) is 29.4 Å². The zero-order chi connectivity index (χ0) is 35.5. The molecule has 2 rings (SSSR count). The SMILES string of the molecule is CCCCCCCCCCCCCCCC(=O)NC(CO)C/C=C/CCCCCCCCCC1=[N+](B(F)F)/C(=C\c2[nH]c(C)cc2C)C=C1. The number of nitrogens with one attached hydrogen (secondary N) is 2. The van der Waals surface area contributed by atoms with Gasteiger partial charge in [-0.15, -0.1) is 0 Å². The van der Waals surface area contributed by atoms with Gasteiger partial charge in [-0.05, 0) is 57.6 Å². The molecule has 0 spiro atoms.